The molecule has 0 aliphatic rings. The molecule has 2 aromatic carbocycles. The van der Waals surface area contributed by atoms with E-state index in [1.54, 1.807) is 42.5 Å². The average molecular weight is 364 g/mol. The van der Waals surface area contributed by atoms with Crippen LogP contribution < -0.4 is 10.9 Å². The molecule has 0 atom stereocenters. The van der Waals surface area contributed by atoms with E-state index in [0.29, 0.717) is 34.5 Å². The quantitative estimate of drug-likeness (QED) is 0.680. The Morgan fingerprint density at radius 3 is 2.48 bits per heavy atom. The van der Waals surface area contributed by atoms with Gasteiger partial charge in [0, 0.05) is 17.8 Å². The first-order valence-corrected chi connectivity index (χ1v) is 8.63. The van der Waals surface area contributed by atoms with Gasteiger partial charge < -0.3 is 15.2 Å². The number of anilines is 1. The van der Waals surface area contributed by atoms with Crippen molar-refractivity contribution >= 4 is 28.4 Å². The molecule has 0 fully saturated rings. The Morgan fingerprint density at radius 2 is 1.81 bits per heavy atom. The monoisotopic (exact) mass is 364 g/mol. The molecule has 1 heterocycles. The van der Waals surface area contributed by atoms with Crippen LogP contribution in [0.2, 0.25) is 0 Å². The van der Waals surface area contributed by atoms with Gasteiger partial charge in [0.2, 0.25) is 0 Å². The largest absolute Gasteiger partial charge is 0.322 e. The second-order valence-corrected chi connectivity index (χ2v) is 6.11. The van der Waals surface area contributed by atoms with Crippen molar-refractivity contribution < 1.29 is 9.59 Å². The summed E-state index contributed by atoms with van der Waals surface area (Å²) in [7, 11) is 0. The van der Waals surface area contributed by atoms with Gasteiger partial charge in [-0.3, -0.25) is 9.59 Å². The number of Topliss-reactive ketones (excluding diaryl/α,β-unsaturated/α-hetero) is 1. The van der Waals surface area contributed by atoms with Gasteiger partial charge in [-0.15, -0.1) is 0 Å². The summed E-state index contributed by atoms with van der Waals surface area (Å²) in [4.78, 5) is 44.7. The van der Waals surface area contributed by atoms with Crippen molar-refractivity contribution in [3.05, 3.63) is 70.3 Å². The van der Waals surface area contributed by atoms with Gasteiger partial charge in [0.25, 0.3) is 5.56 Å². The van der Waals surface area contributed by atoms with Crippen LogP contribution in [0, 0.1) is 0 Å². The van der Waals surface area contributed by atoms with E-state index in [4.69, 9.17) is 0 Å². The van der Waals surface area contributed by atoms with E-state index in [-0.39, 0.29) is 23.9 Å². The van der Waals surface area contributed by atoms with Crippen molar-refractivity contribution in [1.29, 1.82) is 0 Å². The summed E-state index contributed by atoms with van der Waals surface area (Å²) in [6.07, 6.45) is 0. The van der Waals surface area contributed by atoms with E-state index in [2.05, 4.69) is 15.3 Å². The van der Waals surface area contributed by atoms with E-state index in [0.717, 1.165) is 0 Å². The molecule has 0 bridgehead atoms. The zero-order valence-corrected chi connectivity index (χ0v) is 15.2. The zero-order valence-electron chi connectivity index (χ0n) is 15.2. The lowest BCUT2D eigenvalue weighted by Crippen LogP contribution is -2.35. The molecule has 0 unspecified atom stereocenters. The molecule has 0 aliphatic carbocycles. The number of amides is 2. The maximum absolute atomic E-state index is 12.5. The number of hydrogen-bond donors (Lipinski definition) is 2. The number of fused-ring (bicyclic) bond motifs is 1. The number of carbonyl (C=O) groups is 2. The van der Waals surface area contributed by atoms with Crippen molar-refractivity contribution in [2.24, 2.45) is 0 Å². The summed E-state index contributed by atoms with van der Waals surface area (Å²) in [5.74, 6) is 0.386. The summed E-state index contributed by atoms with van der Waals surface area (Å²) in [5.41, 5.74) is 1.53. The van der Waals surface area contributed by atoms with Gasteiger partial charge in [0.15, 0.2) is 5.78 Å². The number of hydrogen-bond acceptors (Lipinski definition) is 4. The Hall–Kier alpha value is -3.48. The van der Waals surface area contributed by atoms with Gasteiger partial charge in [0.1, 0.15) is 5.82 Å². The molecule has 7 heteroatoms. The molecule has 0 saturated carbocycles. The minimum Gasteiger partial charge on any atom is -0.317 e. The molecular weight excluding hydrogens is 344 g/mol. The highest BCUT2D eigenvalue weighted by Gasteiger charge is 2.14. The number of nitrogens with zero attached hydrogens (tertiary/aromatic N) is 2. The molecule has 3 rings (SSSR count). The zero-order chi connectivity index (χ0) is 19.4. The van der Waals surface area contributed by atoms with Crippen LogP contribution in [0.15, 0.2) is 53.3 Å². The highest BCUT2D eigenvalue weighted by atomic mass is 16.2. The Labute approximate surface area is 156 Å². The molecule has 0 radical (unpaired) electrons. The lowest BCUT2D eigenvalue weighted by atomic mass is 10.1. The first-order chi connectivity index (χ1) is 13.0. The fraction of sp³-hybridized carbons (Fsp3) is 0.200. The van der Waals surface area contributed by atoms with Gasteiger partial charge in [0.05, 0.1) is 17.4 Å². The third kappa shape index (κ3) is 4.20. The van der Waals surface area contributed by atoms with E-state index >= 15 is 0 Å². The van der Waals surface area contributed by atoms with Crippen molar-refractivity contribution in [3.63, 3.8) is 0 Å². The summed E-state index contributed by atoms with van der Waals surface area (Å²) >= 11 is 0. The topological polar surface area (TPSA) is 95.2 Å². The number of ketones is 1. The molecule has 0 aliphatic heterocycles. The number of carbonyl (C=O) groups excluding carboxylic acids is 2. The molecule has 0 saturated heterocycles. The number of aromatic amines is 1. The van der Waals surface area contributed by atoms with E-state index in [1.807, 2.05) is 13.0 Å². The van der Waals surface area contributed by atoms with Crippen molar-refractivity contribution in [2.75, 3.05) is 11.9 Å². The van der Waals surface area contributed by atoms with Crippen LogP contribution in [0.3, 0.4) is 0 Å². The Morgan fingerprint density at radius 1 is 1.11 bits per heavy atom. The molecule has 138 valence electrons. The summed E-state index contributed by atoms with van der Waals surface area (Å²) < 4.78 is 0. The maximum atomic E-state index is 12.5. The molecule has 2 amide bonds. The van der Waals surface area contributed by atoms with Crippen LogP contribution in [0.1, 0.15) is 30.0 Å². The average Bonchev–Trinajstić information content (AvgIpc) is 2.66. The lowest BCUT2D eigenvalue weighted by molar-refractivity contribution is 0.101. The first-order valence-electron chi connectivity index (χ1n) is 8.63. The molecule has 3 aromatic rings. The highest BCUT2D eigenvalue weighted by Crippen LogP contribution is 2.12. The minimum atomic E-state index is -0.316. The second kappa shape index (κ2) is 7.82. The maximum Gasteiger partial charge on any atom is 0.322 e. The number of H-pyrrole nitrogens is 1. The Bertz CT molecular complexity index is 1040. The molecule has 27 heavy (non-hydrogen) atoms. The van der Waals surface area contributed by atoms with Gasteiger partial charge >= 0.3 is 6.03 Å². The first kappa shape index (κ1) is 18.3. The van der Waals surface area contributed by atoms with Crippen LogP contribution in [0.5, 0.6) is 0 Å². The number of benzene rings is 2. The SMILES string of the molecule is CCN(Cc1nc2ccccc2c(=O)[nH]1)C(=O)Nc1ccc(C(C)=O)cc1. The molecule has 1 aromatic heterocycles. The van der Waals surface area contributed by atoms with Crippen molar-refractivity contribution in [2.45, 2.75) is 20.4 Å². The van der Waals surface area contributed by atoms with Gasteiger partial charge in [-0.2, -0.15) is 0 Å². The number of urea groups is 1. The van der Waals surface area contributed by atoms with Crippen molar-refractivity contribution in [3.8, 4) is 0 Å². The van der Waals surface area contributed by atoms with Crippen LogP contribution in [-0.2, 0) is 6.54 Å². The standard InChI is InChI=1S/C20H20N4O3/c1-3-24(20(27)21-15-10-8-14(9-11-15)13(2)25)12-18-22-17-7-5-4-6-16(17)19(26)23-18/h4-11H,3,12H2,1-2H3,(H,21,27)(H,22,23,26). The van der Waals surface area contributed by atoms with Crippen molar-refractivity contribution in [1.82, 2.24) is 14.9 Å². The number of para-hydroxylation sites is 1. The third-order valence-electron chi connectivity index (χ3n) is 4.21. The summed E-state index contributed by atoms with van der Waals surface area (Å²) in [6, 6.07) is 13.4. The third-order valence-corrected chi connectivity index (χ3v) is 4.21. The smallest absolute Gasteiger partial charge is 0.317 e. The van der Waals surface area contributed by atoms with Crippen LogP contribution >= 0.6 is 0 Å². The van der Waals surface area contributed by atoms with E-state index in [1.165, 1.54) is 11.8 Å². The Balaban J connectivity index is 1.75. The second-order valence-electron chi connectivity index (χ2n) is 6.11. The molecular formula is C20H20N4O3. The Kier molecular flexibility index (Phi) is 5.30. The fourth-order valence-electron chi connectivity index (χ4n) is 2.71. The fourth-order valence-corrected chi connectivity index (χ4v) is 2.71. The molecule has 2 N–H and O–H groups in total. The van der Waals surface area contributed by atoms with Crippen LogP contribution in [0.25, 0.3) is 10.9 Å². The minimum absolute atomic E-state index is 0.0330. The highest BCUT2D eigenvalue weighted by molar-refractivity contribution is 5.95. The van der Waals surface area contributed by atoms with Gasteiger partial charge in [-0.1, -0.05) is 12.1 Å². The van der Waals surface area contributed by atoms with E-state index in [9.17, 15) is 14.4 Å². The number of aromatic nitrogens is 2. The van der Waals surface area contributed by atoms with Crippen LogP contribution in [0.4, 0.5) is 10.5 Å². The lowest BCUT2D eigenvalue weighted by Gasteiger charge is -2.21. The predicted octanol–water partition coefficient (Wildman–Crippen LogP) is 3.18. The molecule has 0 spiro atoms. The normalized spacial score (nSPS) is 10.6. The van der Waals surface area contributed by atoms with Gasteiger partial charge in [-0.05, 0) is 50.2 Å². The van der Waals surface area contributed by atoms with Gasteiger partial charge in [-0.25, -0.2) is 9.78 Å². The number of nitrogens with one attached hydrogen (secondary N) is 2. The summed E-state index contributed by atoms with van der Waals surface area (Å²) in [6.45, 7) is 3.95. The molecule has 7 nitrogen and oxygen atoms in total. The van der Waals surface area contributed by atoms with E-state index < -0.39 is 0 Å². The predicted molar refractivity (Wildman–Crippen MR) is 104 cm³/mol. The van der Waals surface area contributed by atoms with Crippen LogP contribution in [-0.4, -0.2) is 33.2 Å². The summed E-state index contributed by atoms with van der Waals surface area (Å²) in [5, 5.41) is 3.30. The number of rotatable bonds is 5.